The van der Waals surface area contributed by atoms with Gasteiger partial charge in [-0.1, -0.05) is 23.7 Å². The van der Waals surface area contributed by atoms with Crippen LogP contribution in [0.5, 0.6) is 0 Å². The third-order valence-electron chi connectivity index (χ3n) is 5.31. The first kappa shape index (κ1) is 22.6. The van der Waals surface area contributed by atoms with Gasteiger partial charge in [-0.05, 0) is 48.5 Å². The molecule has 0 saturated carbocycles. The van der Waals surface area contributed by atoms with Crippen molar-refractivity contribution in [3.05, 3.63) is 83.3 Å². The summed E-state index contributed by atoms with van der Waals surface area (Å²) in [4.78, 5) is 41.4. The molecule has 170 valence electrons. The van der Waals surface area contributed by atoms with Gasteiger partial charge in [0.2, 0.25) is 5.91 Å². The fourth-order valence-electron chi connectivity index (χ4n) is 3.58. The summed E-state index contributed by atoms with van der Waals surface area (Å²) in [5, 5.41) is 6.21. The molecule has 0 bridgehead atoms. The van der Waals surface area contributed by atoms with Crippen molar-refractivity contribution >= 4 is 40.7 Å². The predicted molar refractivity (Wildman–Crippen MR) is 126 cm³/mol. The number of amides is 3. The third kappa shape index (κ3) is 5.79. The van der Waals surface area contributed by atoms with E-state index in [9.17, 15) is 14.4 Å². The van der Waals surface area contributed by atoms with E-state index in [1.807, 2.05) is 4.90 Å². The summed E-state index contributed by atoms with van der Waals surface area (Å²) in [5.41, 5.74) is 1.39. The maximum absolute atomic E-state index is 12.7. The molecule has 0 aliphatic carbocycles. The molecule has 1 fully saturated rings. The number of halogens is 1. The average molecular weight is 467 g/mol. The van der Waals surface area contributed by atoms with Crippen molar-refractivity contribution < 1.29 is 18.8 Å². The zero-order valence-electron chi connectivity index (χ0n) is 17.8. The summed E-state index contributed by atoms with van der Waals surface area (Å²) in [7, 11) is 0. The van der Waals surface area contributed by atoms with Crippen LogP contribution in [0, 0.1) is 0 Å². The van der Waals surface area contributed by atoms with Gasteiger partial charge < -0.3 is 20.0 Å². The van der Waals surface area contributed by atoms with E-state index in [1.165, 1.54) is 6.26 Å². The quantitative estimate of drug-likeness (QED) is 0.579. The van der Waals surface area contributed by atoms with Crippen LogP contribution in [0.2, 0.25) is 5.02 Å². The molecule has 0 atom stereocenters. The average Bonchev–Trinajstić information content (AvgIpc) is 3.36. The molecule has 1 aliphatic heterocycles. The van der Waals surface area contributed by atoms with Crippen molar-refractivity contribution in [1.82, 2.24) is 9.80 Å². The topological polar surface area (TPSA) is 94.9 Å². The number of nitrogens with one attached hydrogen (secondary N) is 2. The molecule has 3 aromatic rings. The number of hydrogen-bond donors (Lipinski definition) is 2. The molecule has 2 aromatic carbocycles. The van der Waals surface area contributed by atoms with Crippen molar-refractivity contribution in [2.45, 2.75) is 0 Å². The minimum absolute atomic E-state index is 0.148. The van der Waals surface area contributed by atoms with Crippen molar-refractivity contribution in [3.8, 4) is 0 Å². The Morgan fingerprint density at radius 2 is 1.61 bits per heavy atom. The maximum Gasteiger partial charge on any atom is 0.289 e. The molecule has 1 aliphatic rings. The Labute approximate surface area is 196 Å². The van der Waals surface area contributed by atoms with Crippen LogP contribution >= 0.6 is 11.6 Å². The Morgan fingerprint density at radius 3 is 2.30 bits per heavy atom. The van der Waals surface area contributed by atoms with Gasteiger partial charge in [0.05, 0.1) is 24.1 Å². The number of nitrogens with zero attached hydrogens (tertiary/aromatic N) is 2. The number of carbonyl (C=O) groups excluding carboxylic acids is 3. The number of furan rings is 1. The van der Waals surface area contributed by atoms with E-state index in [4.69, 9.17) is 16.0 Å². The fraction of sp³-hybridized carbons (Fsp3) is 0.208. The van der Waals surface area contributed by atoms with Crippen molar-refractivity contribution in [2.75, 3.05) is 43.4 Å². The highest BCUT2D eigenvalue weighted by molar-refractivity contribution is 6.30. The van der Waals surface area contributed by atoms with Gasteiger partial charge >= 0.3 is 0 Å². The molecule has 4 rings (SSSR count). The SMILES string of the molecule is O=C(CN1CCN(C(=O)c2ccco2)CC1)Nc1ccccc1C(=O)Nc1ccc(Cl)cc1. The standard InChI is InChI=1S/C24H23ClN4O4/c25-17-7-9-18(10-8-17)26-23(31)19-4-1-2-5-20(19)27-22(30)16-28-11-13-29(14-12-28)24(32)21-6-3-15-33-21/h1-10,15H,11-14,16H2,(H,26,31)(H,27,30). The van der Waals surface area contributed by atoms with Crippen LogP contribution in [0.25, 0.3) is 0 Å². The predicted octanol–water partition coefficient (Wildman–Crippen LogP) is 3.58. The largest absolute Gasteiger partial charge is 0.459 e. The van der Waals surface area contributed by atoms with E-state index in [1.54, 1.807) is 65.6 Å². The first-order valence-corrected chi connectivity index (χ1v) is 10.9. The highest BCUT2D eigenvalue weighted by Crippen LogP contribution is 2.19. The summed E-state index contributed by atoms with van der Waals surface area (Å²) in [6.45, 7) is 2.31. The number of rotatable bonds is 6. The number of hydrogen-bond acceptors (Lipinski definition) is 5. The van der Waals surface area contributed by atoms with Gasteiger partial charge in [0, 0.05) is 36.9 Å². The van der Waals surface area contributed by atoms with Crippen molar-refractivity contribution in [3.63, 3.8) is 0 Å². The van der Waals surface area contributed by atoms with Gasteiger partial charge in [-0.15, -0.1) is 0 Å². The van der Waals surface area contributed by atoms with Gasteiger partial charge in [-0.2, -0.15) is 0 Å². The molecule has 0 spiro atoms. The molecule has 2 N–H and O–H groups in total. The number of para-hydroxylation sites is 1. The lowest BCUT2D eigenvalue weighted by atomic mass is 10.1. The molecule has 1 saturated heterocycles. The zero-order valence-corrected chi connectivity index (χ0v) is 18.5. The van der Waals surface area contributed by atoms with Gasteiger partial charge in [0.1, 0.15) is 0 Å². The summed E-state index contributed by atoms with van der Waals surface area (Å²) >= 11 is 5.89. The third-order valence-corrected chi connectivity index (χ3v) is 5.56. The smallest absolute Gasteiger partial charge is 0.289 e. The van der Waals surface area contributed by atoms with Crippen molar-refractivity contribution in [2.24, 2.45) is 0 Å². The zero-order chi connectivity index (χ0) is 23.2. The van der Waals surface area contributed by atoms with E-state index in [0.29, 0.717) is 53.9 Å². The van der Waals surface area contributed by atoms with Crippen molar-refractivity contribution in [1.29, 1.82) is 0 Å². The second-order valence-corrected chi connectivity index (χ2v) is 8.04. The monoisotopic (exact) mass is 466 g/mol. The van der Waals surface area contributed by atoms with E-state index >= 15 is 0 Å². The second-order valence-electron chi connectivity index (χ2n) is 7.60. The lowest BCUT2D eigenvalue weighted by Gasteiger charge is -2.33. The first-order valence-electron chi connectivity index (χ1n) is 10.5. The minimum atomic E-state index is -0.335. The Kier molecular flexibility index (Phi) is 7.07. The second kappa shape index (κ2) is 10.3. The van der Waals surface area contributed by atoms with Gasteiger partial charge in [-0.25, -0.2) is 0 Å². The lowest BCUT2D eigenvalue weighted by Crippen LogP contribution is -2.50. The Bertz CT molecular complexity index is 1120. The van der Waals surface area contributed by atoms with Crippen LogP contribution in [-0.4, -0.2) is 60.2 Å². The Balaban J connectivity index is 1.31. The molecular formula is C24H23ClN4O4. The van der Waals surface area contributed by atoms with Gasteiger partial charge in [0.25, 0.3) is 11.8 Å². The molecule has 2 heterocycles. The Hall–Kier alpha value is -3.62. The molecule has 3 amide bonds. The van der Waals surface area contributed by atoms with E-state index in [-0.39, 0.29) is 24.3 Å². The van der Waals surface area contributed by atoms with Crippen LogP contribution in [0.15, 0.2) is 71.3 Å². The van der Waals surface area contributed by atoms with Crippen LogP contribution in [0.4, 0.5) is 11.4 Å². The lowest BCUT2D eigenvalue weighted by molar-refractivity contribution is -0.117. The normalized spacial score (nSPS) is 14.0. The molecule has 0 radical (unpaired) electrons. The molecular weight excluding hydrogens is 444 g/mol. The van der Waals surface area contributed by atoms with E-state index in [2.05, 4.69) is 10.6 Å². The van der Waals surface area contributed by atoms with E-state index in [0.717, 1.165) is 0 Å². The van der Waals surface area contributed by atoms with Crippen LogP contribution in [-0.2, 0) is 4.79 Å². The summed E-state index contributed by atoms with van der Waals surface area (Å²) in [5.74, 6) is -0.398. The molecule has 0 unspecified atom stereocenters. The van der Waals surface area contributed by atoms with E-state index < -0.39 is 0 Å². The van der Waals surface area contributed by atoms with Gasteiger partial charge in [0.15, 0.2) is 5.76 Å². The molecule has 8 nitrogen and oxygen atoms in total. The molecule has 33 heavy (non-hydrogen) atoms. The number of anilines is 2. The maximum atomic E-state index is 12.7. The molecule has 1 aromatic heterocycles. The summed E-state index contributed by atoms with van der Waals surface area (Å²) in [6, 6.07) is 16.9. The van der Waals surface area contributed by atoms with Crippen LogP contribution in [0.3, 0.4) is 0 Å². The first-order chi connectivity index (χ1) is 16.0. The van der Waals surface area contributed by atoms with Crippen LogP contribution < -0.4 is 10.6 Å². The minimum Gasteiger partial charge on any atom is -0.459 e. The number of piperazine rings is 1. The highest BCUT2D eigenvalue weighted by atomic mass is 35.5. The summed E-state index contributed by atoms with van der Waals surface area (Å²) < 4.78 is 5.17. The number of benzene rings is 2. The van der Waals surface area contributed by atoms with Crippen LogP contribution in [0.1, 0.15) is 20.9 Å². The number of carbonyl (C=O) groups is 3. The Morgan fingerprint density at radius 1 is 0.879 bits per heavy atom. The molecule has 9 heteroatoms. The highest BCUT2D eigenvalue weighted by Gasteiger charge is 2.25. The van der Waals surface area contributed by atoms with Gasteiger partial charge in [-0.3, -0.25) is 19.3 Å². The summed E-state index contributed by atoms with van der Waals surface area (Å²) in [6.07, 6.45) is 1.47. The fourth-order valence-corrected chi connectivity index (χ4v) is 3.71.